The van der Waals surface area contributed by atoms with E-state index in [-0.39, 0.29) is 11.7 Å². The average Bonchev–Trinajstić information content (AvgIpc) is 3.25. The van der Waals surface area contributed by atoms with Crippen molar-refractivity contribution in [3.63, 3.8) is 0 Å². The SMILES string of the molecule is O=C(CCCCCN1CCN(c2cccc(C(F)(F)F)c2)CC1)N1Cc2cccc(F)c2C1. The number of fused-ring (bicyclic) bond motifs is 1. The zero-order valence-electron chi connectivity index (χ0n) is 18.6. The van der Waals surface area contributed by atoms with Crippen molar-refractivity contribution >= 4 is 11.6 Å². The molecule has 2 aliphatic rings. The molecule has 178 valence electrons. The fourth-order valence-corrected chi connectivity index (χ4v) is 4.61. The van der Waals surface area contributed by atoms with Gasteiger partial charge < -0.3 is 9.80 Å². The highest BCUT2D eigenvalue weighted by Crippen LogP contribution is 2.32. The fraction of sp³-hybridized carbons (Fsp3) is 0.480. The summed E-state index contributed by atoms with van der Waals surface area (Å²) >= 11 is 0. The van der Waals surface area contributed by atoms with E-state index in [9.17, 15) is 22.4 Å². The van der Waals surface area contributed by atoms with Gasteiger partial charge in [0.1, 0.15) is 5.82 Å². The highest BCUT2D eigenvalue weighted by molar-refractivity contribution is 5.77. The van der Waals surface area contributed by atoms with Crippen LogP contribution in [0.1, 0.15) is 42.4 Å². The van der Waals surface area contributed by atoms with Gasteiger partial charge in [-0.2, -0.15) is 13.2 Å². The van der Waals surface area contributed by atoms with Gasteiger partial charge in [0.2, 0.25) is 5.91 Å². The molecule has 2 aromatic rings. The lowest BCUT2D eigenvalue weighted by Crippen LogP contribution is -2.46. The monoisotopic (exact) mass is 463 g/mol. The Kier molecular flexibility index (Phi) is 7.22. The normalized spacial score (nSPS) is 16.8. The molecule has 2 aromatic carbocycles. The molecule has 4 rings (SSSR count). The number of rotatable bonds is 7. The fourth-order valence-electron chi connectivity index (χ4n) is 4.61. The van der Waals surface area contributed by atoms with E-state index in [2.05, 4.69) is 4.90 Å². The maximum absolute atomic E-state index is 13.9. The van der Waals surface area contributed by atoms with Crippen molar-refractivity contribution in [2.24, 2.45) is 0 Å². The topological polar surface area (TPSA) is 26.8 Å². The Morgan fingerprint density at radius 1 is 0.909 bits per heavy atom. The summed E-state index contributed by atoms with van der Waals surface area (Å²) in [4.78, 5) is 18.5. The Morgan fingerprint density at radius 2 is 1.67 bits per heavy atom. The molecule has 0 bridgehead atoms. The van der Waals surface area contributed by atoms with Gasteiger partial charge in [0.25, 0.3) is 0 Å². The summed E-state index contributed by atoms with van der Waals surface area (Å²) in [6.07, 6.45) is -1.13. The first-order valence-corrected chi connectivity index (χ1v) is 11.5. The Hall–Kier alpha value is -2.61. The minimum absolute atomic E-state index is 0.0697. The summed E-state index contributed by atoms with van der Waals surface area (Å²) in [5.41, 5.74) is 1.54. The quantitative estimate of drug-likeness (QED) is 0.424. The lowest BCUT2D eigenvalue weighted by molar-refractivity contribution is -0.137. The van der Waals surface area contributed by atoms with Crippen LogP contribution in [0.25, 0.3) is 0 Å². The molecule has 8 heteroatoms. The van der Waals surface area contributed by atoms with E-state index in [0.717, 1.165) is 50.5 Å². The number of nitrogens with zero attached hydrogens (tertiary/aromatic N) is 3. The Bertz CT molecular complexity index is 970. The van der Waals surface area contributed by atoms with Crippen LogP contribution in [0.2, 0.25) is 0 Å². The summed E-state index contributed by atoms with van der Waals surface area (Å²) in [7, 11) is 0. The number of piperazine rings is 1. The van der Waals surface area contributed by atoms with Gasteiger partial charge in [0.05, 0.1) is 5.56 Å². The van der Waals surface area contributed by atoms with Crippen molar-refractivity contribution in [1.82, 2.24) is 9.80 Å². The first-order chi connectivity index (χ1) is 15.8. The van der Waals surface area contributed by atoms with E-state index < -0.39 is 11.7 Å². The van der Waals surface area contributed by atoms with E-state index in [1.807, 2.05) is 11.0 Å². The minimum atomic E-state index is -4.33. The number of carbonyl (C=O) groups is 1. The molecule has 0 saturated carbocycles. The van der Waals surface area contributed by atoms with E-state index in [1.54, 1.807) is 17.0 Å². The smallest absolute Gasteiger partial charge is 0.369 e. The minimum Gasteiger partial charge on any atom is -0.369 e. The number of halogens is 4. The third-order valence-electron chi connectivity index (χ3n) is 6.55. The molecule has 33 heavy (non-hydrogen) atoms. The Labute approximate surface area is 191 Å². The number of amides is 1. The van der Waals surface area contributed by atoms with Crippen LogP contribution in [0.4, 0.5) is 23.2 Å². The van der Waals surface area contributed by atoms with Crippen LogP contribution in [-0.2, 0) is 24.1 Å². The van der Waals surface area contributed by atoms with Crippen LogP contribution >= 0.6 is 0 Å². The van der Waals surface area contributed by atoms with Crippen LogP contribution in [0.15, 0.2) is 42.5 Å². The third kappa shape index (κ3) is 5.85. The molecule has 2 heterocycles. The number of hydrogen-bond donors (Lipinski definition) is 0. The van der Waals surface area contributed by atoms with Gasteiger partial charge in [0.15, 0.2) is 0 Å². The molecule has 0 N–H and O–H groups in total. The van der Waals surface area contributed by atoms with Crippen molar-refractivity contribution in [3.8, 4) is 0 Å². The van der Waals surface area contributed by atoms with E-state index in [4.69, 9.17) is 0 Å². The highest BCUT2D eigenvalue weighted by atomic mass is 19.4. The number of alkyl halides is 3. The molecule has 1 fully saturated rings. The molecule has 2 aliphatic heterocycles. The predicted octanol–water partition coefficient (Wildman–Crippen LogP) is 5.07. The maximum atomic E-state index is 13.9. The van der Waals surface area contributed by atoms with Crippen molar-refractivity contribution in [1.29, 1.82) is 0 Å². The van der Waals surface area contributed by atoms with Gasteiger partial charge >= 0.3 is 6.18 Å². The number of unbranched alkanes of at least 4 members (excludes halogenated alkanes) is 2. The number of hydrogen-bond acceptors (Lipinski definition) is 3. The van der Waals surface area contributed by atoms with Gasteiger partial charge in [-0.15, -0.1) is 0 Å². The van der Waals surface area contributed by atoms with Gasteiger partial charge in [-0.05, 0) is 49.2 Å². The zero-order chi connectivity index (χ0) is 23.4. The predicted molar refractivity (Wildman–Crippen MR) is 119 cm³/mol. The molecule has 1 saturated heterocycles. The standard InChI is InChI=1S/C25H29F4N3O/c26-23-9-4-6-19-17-32(18-22(19)23)24(33)10-2-1-3-11-30-12-14-31(15-13-30)21-8-5-7-20(16-21)25(27,28)29/h4-9,16H,1-3,10-15,17-18H2. The van der Waals surface area contributed by atoms with E-state index in [1.165, 1.54) is 18.2 Å². The highest BCUT2D eigenvalue weighted by Gasteiger charge is 2.31. The van der Waals surface area contributed by atoms with E-state index >= 15 is 0 Å². The van der Waals surface area contributed by atoms with Crippen LogP contribution in [0, 0.1) is 5.82 Å². The second-order valence-electron chi connectivity index (χ2n) is 8.81. The van der Waals surface area contributed by atoms with Crippen LogP contribution < -0.4 is 4.90 Å². The van der Waals surface area contributed by atoms with E-state index in [0.29, 0.717) is 43.9 Å². The molecule has 1 amide bonds. The van der Waals surface area contributed by atoms with Crippen molar-refractivity contribution < 1.29 is 22.4 Å². The first-order valence-electron chi connectivity index (χ1n) is 11.5. The van der Waals surface area contributed by atoms with Crippen LogP contribution in [-0.4, -0.2) is 48.4 Å². The van der Waals surface area contributed by atoms with Gasteiger partial charge in [-0.25, -0.2) is 4.39 Å². The summed E-state index contributed by atoms with van der Waals surface area (Å²) in [5, 5.41) is 0. The lowest BCUT2D eigenvalue weighted by atomic mass is 10.1. The van der Waals surface area contributed by atoms with Crippen molar-refractivity contribution in [3.05, 3.63) is 65.0 Å². The molecule has 0 spiro atoms. The first kappa shape index (κ1) is 23.5. The lowest BCUT2D eigenvalue weighted by Gasteiger charge is -2.36. The van der Waals surface area contributed by atoms with Crippen LogP contribution in [0.3, 0.4) is 0 Å². The Balaban J connectivity index is 1.13. The number of carbonyl (C=O) groups excluding carboxylic acids is 1. The summed E-state index contributed by atoms with van der Waals surface area (Å²) in [5.74, 6) is -0.170. The molecule has 4 nitrogen and oxygen atoms in total. The third-order valence-corrected chi connectivity index (χ3v) is 6.55. The largest absolute Gasteiger partial charge is 0.416 e. The molecule has 0 radical (unpaired) electrons. The molecule has 0 aliphatic carbocycles. The van der Waals surface area contributed by atoms with Gasteiger partial charge in [-0.3, -0.25) is 9.69 Å². The maximum Gasteiger partial charge on any atom is 0.416 e. The molecular formula is C25H29F4N3O. The average molecular weight is 464 g/mol. The Morgan fingerprint density at radius 3 is 2.39 bits per heavy atom. The summed E-state index contributed by atoms with van der Waals surface area (Å²) in [6.45, 7) is 4.79. The van der Waals surface area contributed by atoms with Crippen molar-refractivity contribution in [2.75, 3.05) is 37.6 Å². The van der Waals surface area contributed by atoms with Gasteiger partial charge in [-0.1, -0.05) is 24.6 Å². The van der Waals surface area contributed by atoms with Gasteiger partial charge in [0, 0.05) is 56.9 Å². The summed E-state index contributed by atoms with van der Waals surface area (Å²) in [6, 6.07) is 10.5. The molecule has 0 unspecified atom stereocenters. The summed E-state index contributed by atoms with van der Waals surface area (Å²) < 4.78 is 52.7. The second-order valence-corrected chi connectivity index (χ2v) is 8.81. The van der Waals surface area contributed by atoms with Crippen LogP contribution in [0.5, 0.6) is 0 Å². The molecular weight excluding hydrogens is 434 g/mol. The second kappa shape index (κ2) is 10.1. The number of benzene rings is 2. The number of anilines is 1. The zero-order valence-corrected chi connectivity index (χ0v) is 18.6. The van der Waals surface area contributed by atoms with Crippen molar-refractivity contribution in [2.45, 2.75) is 44.9 Å². The molecule has 0 atom stereocenters. The molecule has 0 aromatic heterocycles.